The van der Waals surface area contributed by atoms with E-state index in [1.165, 1.54) is 17.3 Å². The molecule has 3 rings (SSSR count). The van der Waals surface area contributed by atoms with Crippen LogP contribution in [-0.2, 0) is 24.2 Å². The second-order valence-corrected chi connectivity index (χ2v) is 7.30. The third-order valence-corrected chi connectivity index (χ3v) is 5.37. The number of thioether (sulfide) groups is 1. The third kappa shape index (κ3) is 5.34. The van der Waals surface area contributed by atoms with Crippen molar-refractivity contribution in [3.05, 3.63) is 71.0 Å². The molecule has 0 saturated carbocycles. The summed E-state index contributed by atoms with van der Waals surface area (Å²) in [5, 5.41) is 12.7. The first-order valence-corrected chi connectivity index (χ1v) is 10.2. The Kier molecular flexibility index (Phi) is 6.90. The van der Waals surface area contributed by atoms with E-state index < -0.39 is 0 Å². The lowest BCUT2D eigenvalue weighted by atomic mass is 10.1. The number of carbonyl (C=O) groups excluding carboxylic acids is 1. The minimum Gasteiger partial charge on any atom is -0.324 e. The first kappa shape index (κ1) is 19.5. The summed E-state index contributed by atoms with van der Waals surface area (Å²) in [6.07, 6.45) is 1.73. The van der Waals surface area contributed by atoms with Crippen molar-refractivity contribution in [3.8, 4) is 0 Å². The van der Waals surface area contributed by atoms with Crippen molar-refractivity contribution in [1.29, 1.82) is 0 Å². The molecular weight excluding hydrogens is 380 g/mol. The molecule has 0 atom stereocenters. The number of anilines is 1. The molecule has 0 aliphatic rings. The summed E-state index contributed by atoms with van der Waals surface area (Å²) in [5.41, 5.74) is 1.89. The van der Waals surface area contributed by atoms with Gasteiger partial charge in [-0.25, -0.2) is 0 Å². The van der Waals surface area contributed by atoms with E-state index in [0.717, 1.165) is 30.4 Å². The minimum absolute atomic E-state index is 0.121. The van der Waals surface area contributed by atoms with E-state index in [0.29, 0.717) is 10.7 Å². The second kappa shape index (κ2) is 9.58. The number of nitrogens with one attached hydrogen (secondary N) is 1. The molecule has 0 bridgehead atoms. The van der Waals surface area contributed by atoms with Gasteiger partial charge >= 0.3 is 0 Å². The zero-order valence-corrected chi connectivity index (χ0v) is 16.6. The normalized spacial score (nSPS) is 10.7. The molecule has 1 N–H and O–H groups in total. The zero-order chi connectivity index (χ0) is 19.1. The molecule has 1 amide bonds. The van der Waals surface area contributed by atoms with Crippen molar-refractivity contribution in [2.75, 3.05) is 11.1 Å². The summed E-state index contributed by atoms with van der Waals surface area (Å²) in [4.78, 5) is 12.2. The van der Waals surface area contributed by atoms with Gasteiger partial charge in [-0.05, 0) is 31.0 Å². The van der Waals surface area contributed by atoms with Gasteiger partial charge in [-0.3, -0.25) is 4.79 Å². The maximum absolute atomic E-state index is 12.2. The molecule has 0 fully saturated rings. The van der Waals surface area contributed by atoms with Crippen LogP contribution < -0.4 is 5.32 Å². The largest absolute Gasteiger partial charge is 0.324 e. The molecule has 1 aromatic heterocycles. The highest BCUT2D eigenvalue weighted by atomic mass is 35.5. The van der Waals surface area contributed by atoms with Crippen LogP contribution in [0.3, 0.4) is 0 Å². The Balaban J connectivity index is 1.58. The van der Waals surface area contributed by atoms with Crippen LogP contribution in [0.4, 0.5) is 5.69 Å². The number of benzene rings is 2. The van der Waals surface area contributed by atoms with Gasteiger partial charge in [-0.2, -0.15) is 0 Å². The molecule has 3 aromatic rings. The Bertz CT molecular complexity index is 898. The molecule has 1 heterocycles. The predicted octanol–water partition coefficient (Wildman–Crippen LogP) is 4.47. The molecule has 140 valence electrons. The van der Waals surface area contributed by atoms with Crippen LogP contribution >= 0.6 is 23.4 Å². The van der Waals surface area contributed by atoms with E-state index in [1.54, 1.807) is 12.1 Å². The van der Waals surface area contributed by atoms with Gasteiger partial charge in [0.25, 0.3) is 0 Å². The monoisotopic (exact) mass is 400 g/mol. The number of aromatic nitrogens is 3. The second-order valence-electron chi connectivity index (χ2n) is 5.95. The highest BCUT2D eigenvalue weighted by Crippen LogP contribution is 2.22. The van der Waals surface area contributed by atoms with Gasteiger partial charge in [-0.15, -0.1) is 10.2 Å². The molecule has 0 aliphatic carbocycles. The van der Waals surface area contributed by atoms with Gasteiger partial charge < -0.3 is 9.88 Å². The van der Waals surface area contributed by atoms with Crippen molar-refractivity contribution in [2.24, 2.45) is 0 Å². The van der Waals surface area contributed by atoms with Gasteiger partial charge in [0, 0.05) is 13.0 Å². The van der Waals surface area contributed by atoms with Gasteiger partial charge in [0.2, 0.25) is 5.91 Å². The van der Waals surface area contributed by atoms with E-state index in [2.05, 4.69) is 39.1 Å². The van der Waals surface area contributed by atoms with Crippen LogP contribution in [0.2, 0.25) is 5.02 Å². The summed E-state index contributed by atoms with van der Waals surface area (Å²) in [6.45, 7) is 2.83. The number of hydrogen-bond donors (Lipinski definition) is 1. The molecule has 0 unspecified atom stereocenters. The van der Waals surface area contributed by atoms with Gasteiger partial charge in [0.1, 0.15) is 5.82 Å². The van der Waals surface area contributed by atoms with Crippen molar-refractivity contribution in [2.45, 2.75) is 31.5 Å². The number of nitrogens with zero attached hydrogens (tertiary/aromatic N) is 3. The van der Waals surface area contributed by atoms with Crippen LogP contribution in [0, 0.1) is 0 Å². The molecular formula is C20H21ClN4OS. The fourth-order valence-corrected chi connectivity index (χ4v) is 3.71. The van der Waals surface area contributed by atoms with Gasteiger partial charge in [-0.1, -0.05) is 65.8 Å². The fourth-order valence-electron chi connectivity index (χ4n) is 2.71. The molecule has 0 spiro atoms. The number of rotatable bonds is 8. The summed E-state index contributed by atoms with van der Waals surface area (Å²) < 4.78 is 2.07. The molecule has 0 aliphatic heterocycles. The Labute approximate surface area is 168 Å². The quantitative estimate of drug-likeness (QED) is 0.567. The molecule has 0 saturated heterocycles. The van der Waals surface area contributed by atoms with Crippen LogP contribution in [0.1, 0.15) is 18.3 Å². The SMILES string of the molecule is CCn1c(CCc2ccccc2)nnc1SCC(=O)Nc1ccccc1Cl. The molecule has 2 aromatic carbocycles. The van der Waals surface area contributed by atoms with E-state index in [4.69, 9.17) is 11.6 Å². The van der Waals surface area contributed by atoms with Gasteiger partial charge in [0.05, 0.1) is 16.5 Å². The van der Waals surface area contributed by atoms with E-state index >= 15 is 0 Å². The van der Waals surface area contributed by atoms with Crippen molar-refractivity contribution >= 4 is 35.0 Å². The maximum Gasteiger partial charge on any atom is 0.234 e. The Hall–Kier alpha value is -2.31. The Morgan fingerprint density at radius 3 is 2.56 bits per heavy atom. The lowest BCUT2D eigenvalue weighted by Crippen LogP contribution is -2.15. The van der Waals surface area contributed by atoms with Crippen molar-refractivity contribution in [3.63, 3.8) is 0 Å². The van der Waals surface area contributed by atoms with E-state index in [1.807, 2.05) is 30.3 Å². The van der Waals surface area contributed by atoms with Crippen LogP contribution in [-0.4, -0.2) is 26.4 Å². The lowest BCUT2D eigenvalue weighted by Gasteiger charge is -2.08. The van der Waals surface area contributed by atoms with Crippen molar-refractivity contribution < 1.29 is 4.79 Å². The number of para-hydroxylation sites is 1. The van der Waals surface area contributed by atoms with E-state index in [9.17, 15) is 4.79 Å². The average molecular weight is 401 g/mol. The van der Waals surface area contributed by atoms with Gasteiger partial charge in [0.15, 0.2) is 5.16 Å². The smallest absolute Gasteiger partial charge is 0.234 e. The van der Waals surface area contributed by atoms with Crippen LogP contribution in [0.5, 0.6) is 0 Å². The molecule has 0 radical (unpaired) electrons. The number of hydrogen-bond acceptors (Lipinski definition) is 4. The minimum atomic E-state index is -0.121. The fraction of sp³-hybridized carbons (Fsp3) is 0.250. The number of aryl methyl sites for hydroxylation is 2. The Morgan fingerprint density at radius 1 is 1.07 bits per heavy atom. The predicted molar refractivity (Wildman–Crippen MR) is 110 cm³/mol. The third-order valence-electron chi connectivity index (χ3n) is 4.07. The number of carbonyl (C=O) groups is 1. The summed E-state index contributed by atoms with van der Waals surface area (Å²) >= 11 is 7.46. The standard InChI is InChI=1S/C20H21ClN4OS/c1-2-25-18(13-12-15-8-4-3-5-9-15)23-24-20(25)27-14-19(26)22-17-11-7-6-10-16(17)21/h3-11H,2,12-14H2,1H3,(H,22,26). The number of amides is 1. The summed E-state index contributed by atoms with van der Waals surface area (Å²) in [5.74, 6) is 1.07. The average Bonchev–Trinajstić information content (AvgIpc) is 3.09. The molecule has 27 heavy (non-hydrogen) atoms. The Morgan fingerprint density at radius 2 is 1.81 bits per heavy atom. The summed E-state index contributed by atoms with van der Waals surface area (Å²) in [6, 6.07) is 17.5. The number of halogens is 1. The molecule has 5 nitrogen and oxygen atoms in total. The topological polar surface area (TPSA) is 59.8 Å². The maximum atomic E-state index is 12.2. The first-order valence-electron chi connectivity index (χ1n) is 8.80. The lowest BCUT2D eigenvalue weighted by molar-refractivity contribution is -0.113. The van der Waals surface area contributed by atoms with E-state index in [-0.39, 0.29) is 11.7 Å². The highest BCUT2D eigenvalue weighted by Gasteiger charge is 2.13. The highest BCUT2D eigenvalue weighted by molar-refractivity contribution is 7.99. The molecule has 7 heteroatoms. The van der Waals surface area contributed by atoms with Crippen molar-refractivity contribution in [1.82, 2.24) is 14.8 Å². The summed E-state index contributed by atoms with van der Waals surface area (Å²) in [7, 11) is 0. The van der Waals surface area contributed by atoms with Crippen LogP contribution in [0.15, 0.2) is 59.8 Å². The zero-order valence-electron chi connectivity index (χ0n) is 15.1. The van der Waals surface area contributed by atoms with Crippen LogP contribution in [0.25, 0.3) is 0 Å². The first-order chi connectivity index (χ1) is 13.2.